The lowest BCUT2D eigenvalue weighted by Crippen LogP contribution is -2.35. The zero-order valence-corrected chi connectivity index (χ0v) is 10.7. The van der Waals surface area contributed by atoms with Crippen molar-refractivity contribution in [3.8, 4) is 0 Å². The van der Waals surface area contributed by atoms with Gasteiger partial charge in [0, 0.05) is 12.6 Å². The molecule has 0 aliphatic heterocycles. The van der Waals surface area contributed by atoms with E-state index in [9.17, 15) is 4.79 Å². The number of nitrogens with one attached hydrogen (secondary N) is 1. The van der Waals surface area contributed by atoms with Gasteiger partial charge in [-0.25, -0.2) is 0 Å². The first-order chi connectivity index (χ1) is 7.01. The van der Waals surface area contributed by atoms with Gasteiger partial charge in [0.25, 0.3) is 0 Å². The Kier molecular flexibility index (Phi) is 7.39. The summed E-state index contributed by atoms with van der Waals surface area (Å²) in [7, 11) is 0. The predicted octanol–water partition coefficient (Wildman–Crippen LogP) is 2.35. The van der Waals surface area contributed by atoms with E-state index in [4.69, 9.17) is 4.74 Å². The molecule has 0 saturated heterocycles. The highest BCUT2D eigenvalue weighted by molar-refractivity contribution is 5.72. The van der Waals surface area contributed by atoms with Gasteiger partial charge in [-0.2, -0.15) is 0 Å². The molecule has 0 amide bonds. The Labute approximate surface area is 93.6 Å². The summed E-state index contributed by atoms with van der Waals surface area (Å²) < 4.78 is 5.13. The third-order valence-corrected chi connectivity index (χ3v) is 2.45. The number of rotatable bonds is 7. The lowest BCUT2D eigenvalue weighted by molar-refractivity contribution is -0.151. The maximum absolute atomic E-state index is 11.5. The Morgan fingerprint density at radius 2 is 1.73 bits per heavy atom. The smallest absolute Gasteiger partial charge is 0.310 e. The number of hydrogen-bond donors (Lipinski definition) is 1. The molecular weight excluding hydrogens is 190 g/mol. The molecule has 1 atom stereocenters. The van der Waals surface area contributed by atoms with Crippen molar-refractivity contribution in [1.82, 2.24) is 5.32 Å². The standard InChI is InChI=1S/C12H25NO2/c1-6-11(7-2)13-8-10(5)12(14)15-9(3)4/h9-11,13H,6-8H2,1-5H3. The second-order valence-electron chi connectivity index (χ2n) is 4.31. The van der Waals surface area contributed by atoms with Gasteiger partial charge >= 0.3 is 5.97 Å². The van der Waals surface area contributed by atoms with Crippen molar-refractivity contribution in [2.45, 2.75) is 59.6 Å². The molecule has 0 aromatic heterocycles. The Morgan fingerprint density at radius 3 is 2.13 bits per heavy atom. The van der Waals surface area contributed by atoms with E-state index in [0.717, 1.165) is 12.8 Å². The van der Waals surface area contributed by atoms with E-state index in [-0.39, 0.29) is 18.0 Å². The van der Waals surface area contributed by atoms with Crippen LogP contribution >= 0.6 is 0 Å². The Bertz CT molecular complexity index is 176. The molecule has 0 aromatic rings. The highest BCUT2D eigenvalue weighted by atomic mass is 16.5. The summed E-state index contributed by atoms with van der Waals surface area (Å²) >= 11 is 0. The summed E-state index contributed by atoms with van der Waals surface area (Å²) in [5.41, 5.74) is 0. The van der Waals surface area contributed by atoms with Crippen molar-refractivity contribution in [1.29, 1.82) is 0 Å². The van der Waals surface area contributed by atoms with Crippen molar-refractivity contribution in [2.75, 3.05) is 6.54 Å². The van der Waals surface area contributed by atoms with Crippen LogP contribution in [0.15, 0.2) is 0 Å². The van der Waals surface area contributed by atoms with Crippen LogP contribution < -0.4 is 5.32 Å². The van der Waals surface area contributed by atoms with E-state index in [1.54, 1.807) is 0 Å². The van der Waals surface area contributed by atoms with Crippen LogP contribution in [0.1, 0.15) is 47.5 Å². The molecule has 0 rings (SSSR count). The first-order valence-corrected chi connectivity index (χ1v) is 5.95. The monoisotopic (exact) mass is 215 g/mol. The maximum Gasteiger partial charge on any atom is 0.310 e. The summed E-state index contributed by atoms with van der Waals surface area (Å²) in [4.78, 5) is 11.5. The van der Waals surface area contributed by atoms with Gasteiger partial charge < -0.3 is 10.1 Å². The topological polar surface area (TPSA) is 38.3 Å². The SMILES string of the molecule is CCC(CC)NCC(C)C(=O)OC(C)C. The highest BCUT2D eigenvalue weighted by Crippen LogP contribution is 2.03. The zero-order chi connectivity index (χ0) is 11.8. The molecule has 15 heavy (non-hydrogen) atoms. The average Bonchev–Trinajstić information content (AvgIpc) is 2.18. The van der Waals surface area contributed by atoms with E-state index in [0.29, 0.717) is 12.6 Å². The first kappa shape index (κ1) is 14.4. The molecular formula is C12H25NO2. The molecule has 1 unspecified atom stereocenters. The van der Waals surface area contributed by atoms with Crippen LogP contribution in [-0.2, 0) is 9.53 Å². The fourth-order valence-corrected chi connectivity index (χ4v) is 1.35. The van der Waals surface area contributed by atoms with E-state index in [1.165, 1.54) is 0 Å². The lowest BCUT2D eigenvalue weighted by Gasteiger charge is -2.18. The van der Waals surface area contributed by atoms with Gasteiger partial charge in [-0.1, -0.05) is 20.8 Å². The van der Waals surface area contributed by atoms with Crippen molar-refractivity contribution in [3.63, 3.8) is 0 Å². The van der Waals surface area contributed by atoms with Crippen molar-refractivity contribution in [2.24, 2.45) is 5.92 Å². The predicted molar refractivity (Wildman–Crippen MR) is 62.8 cm³/mol. The molecule has 1 N–H and O–H groups in total. The molecule has 90 valence electrons. The van der Waals surface area contributed by atoms with Crippen LogP contribution in [0.25, 0.3) is 0 Å². The third kappa shape index (κ3) is 6.50. The molecule has 0 fully saturated rings. The molecule has 0 aliphatic carbocycles. The van der Waals surface area contributed by atoms with Crippen molar-refractivity contribution < 1.29 is 9.53 Å². The molecule has 3 heteroatoms. The van der Waals surface area contributed by atoms with E-state index >= 15 is 0 Å². The van der Waals surface area contributed by atoms with Gasteiger partial charge in [0.05, 0.1) is 12.0 Å². The Morgan fingerprint density at radius 1 is 1.20 bits per heavy atom. The summed E-state index contributed by atoms with van der Waals surface area (Å²) in [5, 5.41) is 3.37. The quantitative estimate of drug-likeness (QED) is 0.662. The van der Waals surface area contributed by atoms with Crippen LogP contribution in [0.3, 0.4) is 0 Å². The van der Waals surface area contributed by atoms with Gasteiger partial charge in [-0.05, 0) is 26.7 Å². The van der Waals surface area contributed by atoms with Crippen LogP contribution in [-0.4, -0.2) is 24.7 Å². The molecule has 0 radical (unpaired) electrons. The van der Waals surface area contributed by atoms with Crippen LogP contribution in [0, 0.1) is 5.92 Å². The minimum atomic E-state index is -0.108. The number of carbonyl (C=O) groups excluding carboxylic acids is 1. The molecule has 0 heterocycles. The van der Waals surface area contributed by atoms with E-state index in [2.05, 4.69) is 19.2 Å². The van der Waals surface area contributed by atoms with E-state index in [1.807, 2.05) is 20.8 Å². The molecule has 0 aliphatic rings. The maximum atomic E-state index is 11.5. The normalized spacial score (nSPS) is 13.3. The summed E-state index contributed by atoms with van der Waals surface area (Å²) in [6, 6.07) is 0.513. The number of ether oxygens (including phenoxy) is 1. The molecule has 0 saturated carbocycles. The number of esters is 1. The van der Waals surface area contributed by atoms with Crippen molar-refractivity contribution in [3.05, 3.63) is 0 Å². The summed E-state index contributed by atoms with van der Waals surface area (Å²) in [5.74, 6) is -0.170. The largest absolute Gasteiger partial charge is 0.463 e. The lowest BCUT2D eigenvalue weighted by atomic mass is 10.1. The second-order valence-corrected chi connectivity index (χ2v) is 4.31. The van der Waals surface area contributed by atoms with Crippen LogP contribution in [0.4, 0.5) is 0 Å². The fourth-order valence-electron chi connectivity index (χ4n) is 1.35. The fraction of sp³-hybridized carbons (Fsp3) is 0.917. The Hall–Kier alpha value is -0.570. The van der Waals surface area contributed by atoms with Gasteiger partial charge in [0.15, 0.2) is 0 Å². The minimum Gasteiger partial charge on any atom is -0.463 e. The highest BCUT2D eigenvalue weighted by Gasteiger charge is 2.16. The first-order valence-electron chi connectivity index (χ1n) is 5.95. The van der Waals surface area contributed by atoms with Gasteiger partial charge in [0.2, 0.25) is 0 Å². The Balaban J connectivity index is 3.81. The third-order valence-electron chi connectivity index (χ3n) is 2.45. The van der Waals surface area contributed by atoms with Crippen molar-refractivity contribution >= 4 is 5.97 Å². The summed E-state index contributed by atoms with van der Waals surface area (Å²) in [6.07, 6.45) is 2.18. The zero-order valence-electron chi connectivity index (χ0n) is 10.7. The molecule has 0 spiro atoms. The van der Waals surface area contributed by atoms with Gasteiger partial charge in [-0.15, -0.1) is 0 Å². The molecule has 0 aromatic carbocycles. The van der Waals surface area contributed by atoms with Crippen LogP contribution in [0.5, 0.6) is 0 Å². The minimum absolute atomic E-state index is 0.0203. The average molecular weight is 215 g/mol. The van der Waals surface area contributed by atoms with Gasteiger partial charge in [-0.3, -0.25) is 4.79 Å². The van der Waals surface area contributed by atoms with E-state index < -0.39 is 0 Å². The van der Waals surface area contributed by atoms with Gasteiger partial charge in [0.1, 0.15) is 0 Å². The molecule has 0 bridgehead atoms. The number of carbonyl (C=O) groups is 1. The molecule has 3 nitrogen and oxygen atoms in total. The van der Waals surface area contributed by atoms with Crippen LogP contribution in [0.2, 0.25) is 0 Å². The second kappa shape index (κ2) is 7.69. The number of hydrogen-bond acceptors (Lipinski definition) is 3. The summed E-state index contributed by atoms with van der Waals surface area (Å²) in [6.45, 7) is 10.7.